The Kier molecular flexibility index (Phi) is 3.51. The Bertz CT molecular complexity index is 431. The van der Waals surface area contributed by atoms with Crippen LogP contribution in [0.4, 0.5) is 5.82 Å². The largest absolute Gasteiger partial charge is 0.369 e. The van der Waals surface area contributed by atoms with Gasteiger partial charge in [0, 0.05) is 18.3 Å². The van der Waals surface area contributed by atoms with E-state index in [0.717, 1.165) is 18.8 Å². The van der Waals surface area contributed by atoms with Crippen LogP contribution in [-0.4, -0.2) is 11.5 Å². The van der Waals surface area contributed by atoms with Gasteiger partial charge in [0.1, 0.15) is 5.82 Å². The first-order valence-corrected chi connectivity index (χ1v) is 6.54. The number of allylic oxidation sites excluding steroid dienone is 1. The molecular weight excluding hydrogens is 208 g/mol. The smallest absolute Gasteiger partial charge is 0.133 e. The van der Waals surface area contributed by atoms with Gasteiger partial charge in [0.05, 0.1) is 0 Å². The predicted molar refractivity (Wildman–Crippen MR) is 74.2 cm³/mol. The van der Waals surface area contributed by atoms with Crippen LogP contribution in [0.1, 0.15) is 51.2 Å². The third-order valence-corrected chi connectivity index (χ3v) is 3.32. The summed E-state index contributed by atoms with van der Waals surface area (Å²) >= 11 is 0. The first-order valence-electron chi connectivity index (χ1n) is 6.54. The van der Waals surface area contributed by atoms with Crippen molar-refractivity contribution in [3.05, 3.63) is 29.5 Å². The minimum Gasteiger partial charge on any atom is -0.369 e. The zero-order valence-electron chi connectivity index (χ0n) is 11.2. The predicted octanol–water partition coefficient (Wildman–Crippen LogP) is 4.06. The molecule has 1 N–H and O–H groups in total. The van der Waals surface area contributed by atoms with Gasteiger partial charge in [0.25, 0.3) is 0 Å². The summed E-state index contributed by atoms with van der Waals surface area (Å²) in [5, 5.41) is 3.44. The molecule has 2 nitrogen and oxygen atoms in total. The Balaban J connectivity index is 2.61. The molecule has 17 heavy (non-hydrogen) atoms. The third-order valence-electron chi connectivity index (χ3n) is 3.32. The van der Waals surface area contributed by atoms with E-state index in [1.54, 1.807) is 0 Å². The van der Waals surface area contributed by atoms with Gasteiger partial charge >= 0.3 is 0 Å². The van der Waals surface area contributed by atoms with Gasteiger partial charge in [-0.1, -0.05) is 33.8 Å². The summed E-state index contributed by atoms with van der Waals surface area (Å²) in [5.74, 6) is 2.15. The summed E-state index contributed by atoms with van der Waals surface area (Å²) in [6.45, 7) is 10.0. The SMILES string of the molecule is CC(C)C1=CCCNc2nccc(C(C)C)c21. The molecule has 2 heteroatoms. The van der Waals surface area contributed by atoms with Gasteiger partial charge in [0.15, 0.2) is 0 Å². The lowest BCUT2D eigenvalue weighted by atomic mass is 9.88. The molecule has 1 aliphatic rings. The first kappa shape index (κ1) is 12.2. The van der Waals surface area contributed by atoms with E-state index >= 15 is 0 Å². The van der Waals surface area contributed by atoms with Crippen molar-refractivity contribution < 1.29 is 0 Å². The molecule has 1 aliphatic heterocycles. The van der Waals surface area contributed by atoms with Crippen LogP contribution in [0.5, 0.6) is 0 Å². The van der Waals surface area contributed by atoms with Crippen LogP contribution >= 0.6 is 0 Å². The molecule has 0 bridgehead atoms. The molecule has 92 valence electrons. The Morgan fingerprint density at radius 3 is 2.59 bits per heavy atom. The molecule has 0 fully saturated rings. The Labute approximate surface area is 104 Å². The highest BCUT2D eigenvalue weighted by molar-refractivity contribution is 5.78. The highest BCUT2D eigenvalue weighted by atomic mass is 15.0. The number of anilines is 1. The second-order valence-corrected chi connectivity index (χ2v) is 5.31. The molecule has 0 saturated carbocycles. The van der Waals surface area contributed by atoms with E-state index in [-0.39, 0.29) is 0 Å². The highest BCUT2D eigenvalue weighted by Crippen LogP contribution is 2.36. The van der Waals surface area contributed by atoms with Gasteiger partial charge in [-0.3, -0.25) is 0 Å². The van der Waals surface area contributed by atoms with Crippen LogP contribution in [0.3, 0.4) is 0 Å². The molecule has 1 aromatic rings. The topological polar surface area (TPSA) is 24.9 Å². The maximum absolute atomic E-state index is 4.50. The summed E-state index contributed by atoms with van der Waals surface area (Å²) in [6.07, 6.45) is 5.38. The maximum atomic E-state index is 4.50. The average Bonchev–Trinajstić information content (AvgIpc) is 2.50. The molecule has 0 unspecified atom stereocenters. The quantitative estimate of drug-likeness (QED) is 0.828. The minimum atomic E-state index is 0.536. The van der Waals surface area contributed by atoms with Crippen LogP contribution in [0.15, 0.2) is 18.3 Å². The maximum Gasteiger partial charge on any atom is 0.133 e. The van der Waals surface area contributed by atoms with Crippen molar-refractivity contribution >= 4 is 11.4 Å². The van der Waals surface area contributed by atoms with E-state index in [9.17, 15) is 0 Å². The van der Waals surface area contributed by atoms with Crippen molar-refractivity contribution in [2.75, 3.05) is 11.9 Å². The third kappa shape index (κ3) is 2.36. The normalized spacial score (nSPS) is 15.3. The minimum absolute atomic E-state index is 0.536. The van der Waals surface area contributed by atoms with Crippen LogP contribution in [0, 0.1) is 5.92 Å². The zero-order chi connectivity index (χ0) is 12.4. The van der Waals surface area contributed by atoms with Gasteiger partial charge < -0.3 is 5.32 Å². The molecule has 0 aromatic carbocycles. The van der Waals surface area contributed by atoms with E-state index in [0.29, 0.717) is 11.8 Å². The lowest BCUT2D eigenvalue weighted by Crippen LogP contribution is -2.07. The number of hydrogen-bond donors (Lipinski definition) is 1. The number of aromatic nitrogens is 1. The molecule has 0 aliphatic carbocycles. The molecule has 0 atom stereocenters. The second-order valence-electron chi connectivity index (χ2n) is 5.31. The van der Waals surface area contributed by atoms with Gasteiger partial charge in [-0.05, 0) is 35.5 Å². The number of nitrogens with one attached hydrogen (secondary N) is 1. The molecule has 0 spiro atoms. The van der Waals surface area contributed by atoms with Gasteiger partial charge in [0.2, 0.25) is 0 Å². The van der Waals surface area contributed by atoms with E-state index < -0.39 is 0 Å². The molecular formula is C15H22N2. The molecule has 0 radical (unpaired) electrons. The van der Waals surface area contributed by atoms with Crippen molar-refractivity contribution in [2.24, 2.45) is 5.92 Å². The van der Waals surface area contributed by atoms with Gasteiger partial charge in [-0.2, -0.15) is 0 Å². The van der Waals surface area contributed by atoms with Gasteiger partial charge in [-0.15, -0.1) is 0 Å². The number of hydrogen-bond acceptors (Lipinski definition) is 2. The summed E-state index contributed by atoms with van der Waals surface area (Å²) in [6, 6.07) is 2.16. The van der Waals surface area contributed by atoms with Crippen LogP contribution in [-0.2, 0) is 0 Å². The van der Waals surface area contributed by atoms with E-state index in [4.69, 9.17) is 0 Å². The number of fused-ring (bicyclic) bond motifs is 1. The van der Waals surface area contributed by atoms with E-state index in [2.05, 4.69) is 50.1 Å². The first-order chi connectivity index (χ1) is 8.11. The van der Waals surface area contributed by atoms with Crippen molar-refractivity contribution in [2.45, 2.75) is 40.0 Å². The average molecular weight is 230 g/mol. The Hall–Kier alpha value is -1.31. The summed E-state index contributed by atoms with van der Waals surface area (Å²) in [7, 11) is 0. The van der Waals surface area contributed by atoms with Crippen molar-refractivity contribution in [1.82, 2.24) is 4.98 Å². The fraction of sp³-hybridized carbons (Fsp3) is 0.533. The lowest BCUT2D eigenvalue weighted by molar-refractivity contribution is 0.826. The van der Waals surface area contributed by atoms with Crippen LogP contribution in [0.2, 0.25) is 0 Å². The molecule has 0 saturated heterocycles. The number of nitrogens with zero attached hydrogens (tertiary/aromatic N) is 1. The lowest BCUT2D eigenvalue weighted by Gasteiger charge is -2.19. The number of rotatable bonds is 2. The van der Waals surface area contributed by atoms with E-state index in [1.165, 1.54) is 16.7 Å². The van der Waals surface area contributed by atoms with Gasteiger partial charge in [-0.25, -0.2) is 4.98 Å². The molecule has 2 rings (SSSR count). The monoisotopic (exact) mass is 230 g/mol. The van der Waals surface area contributed by atoms with Crippen LogP contribution < -0.4 is 5.32 Å². The summed E-state index contributed by atoms with van der Waals surface area (Å²) in [5.41, 5.74) is 4.20. The zero-order valence-corrected chi connectivity index (χ0v) is 11.2. The second kappa shape index (κ2) is 4.91. The fourth-order valence-corrected chi connectivity index (χ4v) is 2.44. The van der Waals surface area contributed by atoms with Crippen molar-refractivity contribution in [3.63, 3.8) is 0 Å². The molecule has 0 amide bonds. The van der Waals surface area contributed by atoms with E-state index in [1.807, 2.05) is 6.20 Å². The van der Waals surface area contributed by atoms with Crippen molar-refractivity contribution in [1.29, 1.82) is 0 Å². The van der Waals surface area contributed by atoms with Crippen molar-refractivity contribution in [3.8, 4) is 0 Å². The van der Waals surface area contributed by atoms with Crippen LogP contribution in [0.25, 0.3) is 5.57 Å². The summed E-state index contributed by atoms with van der Waals surface area (Å²) in [4.78, 5) is 4.50. The molecule has 2 heterocycles. The number of pyridine rings is 1. The standard InChI is InChI=1S/C15H22N2/c1-10(2)12-6-5-8-16-15-14(12)13(11(3)4)7-9-17-15/h6-7,9-11H,5,8H2,1-4H3,(H,16,17). The highest BCUT2D eigenvalue weighted by Gasteiger charge is 2.19. The fourth-order valence-electron chi connectivity index (χ4n) is 2.44. The molecule has 1 aromatic heterocycles. The Morgan fingerprint density at radius 2 is 1.94 bits per heavy atom. The summed E-state index contributed by atoms with van der Waals surface area (Å²) < 4.78 is 0. The Morgan fingerprint density at radius 1 is 1.18 bits per heavy atom.